The van der Waals surface area contributed by atoms with Crippen LogP contribution in [0.2, 0.25) is 0 Å². The fourth-order valence-corrected chi connectivity index (χ4v) is 7.14. The topological polar surface area (TPSA) is 25.8 Å². The number of fused-ring (bicyclic) bond motifs is 3. The van der Waals surface area contributed by atoms with Crippen LogP contribution in [0.15, 0.2) is 108 Å². The molecule has 1 aliphatic rings. The standard InChI is InChI=1S/C38H27BrN2/c1-22-18-27-13-16-31-36-34(27)29(19-22)21-25-7-3-6-23(2)33(25)38-28(9-5-17-40-38)20-26-8-4-10-32(35(26)36)41-37(31)24-11-14-30(39)15-12-24/h3-19H,20-21H2,1-2H3. The van der Waals surface area contributed by atoms with Crippen LogP contribution in [0.3, 0.4) is 0 Å². The number of halogens is 1. The summed E-state index contributed by atoms with van der Waals surface area (Å²) >= 11 is 3.61. The molecule has 0 radical (unpaired) electrons. The lowest BCUT2D eigenvalue weighted by Crippen LogP contribution is -2.01. The lowest BCUT2D eigenvalue weighted by atomic mass is 9.87. The molecule has 2 nitrogen and oxygen atoms in total. The number of aryl methyl sites for hydroxylation is 2. The minimum atomic E-state index is 0.792. The molecule has 8 rings (SSSR count). The van der Waals surface area contributed by atoms with Gasteiger partial charge in [-0.3, -0.25) is 4.98 Å². The van der Waals surface area contributed by atoms with Crippen LogP contribution < -0.4 is 0 Å². The van der Waals surface area contributed by atoms with Crippen LogP contribution in [0.4, 0.5) is 0 Å². The number of benzene rings is 5. The average Bonchev–Trinajstić information content (AvgIpc) is 2.99. The molecule has 0 saturated carbocycles. The highest BCUT2D eigenvalue weighted by atomic mass is 79.9. The maximum Gasteiger partial charge on any atom is 0.0788 e. The van der Waals surface area contributed by atoms with Crippen LogP contribution >= 0.6 is 15.9 Å². The van der Waals surface area contributed by atoms with Gasteiger partial charge in [0.1, 0.15) is 0 Å². The summed E-state index contributed by atoms with van der Waals surface area (Å²) in [5.74, 6) is 0. The number of hydrogen-bond acceptors (Lipinski definition) is 2. The summed E-state index contributed by atoms with van der Waals surface area (Å²) in [6.45, 7) is 4.43. The monoisotopic (exact) mass is 590 g/mol. The van der Waals surface area contributed by atoms with Crippen LogP contribution in [0.1, 0.15) is 33.4 Å². The fraction of sp³-hybridized carbons (Fsp3) is 0.105. The molecule has 0 amide bonds. The van der Waals surface area contributed by atoms with Crippen molar-refractivity contribution in [3.8, 4) is 22.5 Å². The van der Waals surface area contributed by atoms with Crippen LogP contribution in [0.5, 0.6) is 0 Å². The van der Waals surface area contributed by atoms with Crippen molar-refractivity contribution in [1.82, 2.24) is 9.97 Å². The number of hydrogen-bond donors (Lipinski definition) is 0. The Labute approximate surface area is 247 Å². The molecule has 0 saturated heterocycles. The normalized spacial score (nSPS) is 12.6. The van der Waals surface area contributed by atoms with Crippen LogP contribution in [-0.4, -0.2) is 9.97 Å². The van der Waals surface area contributed by atoms with Gasteiger partial charge in [0, 0.05) is 44.4 Å². The SMILES string of the molecule is Cc1cc2c3c(ccc4c(-c5ccc(Br)cc5)nc5cccc(c5c43)Cc3cccnc3-c3c(C)cccc3C2)c1. The first-order chi connectivity index (χ1) is 20.0. The summed E-state index contributed by atoms with van der Waals surface area (Å²) in [4.78, 5) is 10.3. The Morgan fingerprint density at radius 1 is 0.634 bits per heavy atom. The molecule has 41 heavy (non-hydrogen) atoms. The molecular weight excluding hydrogens is 564 g/mol. The van der Waals surface area contributed by atoms with Crippen LogP contribution in [0, 0.1) is 13.8 Å². The van der Waals surface area contributed by atoms with Crippen molar-refractivity contribution in [2.75, 3.05) is 0 Å². The van der Waals surface area contributed by atoms with Gasteiger partial charge in [-0.05, 0) is 83.1 Å². The summed E-state index contributed by atoms with van der Waals surface area (Å²) in [5.41, 5.74) is 13.3. The second kappa shape index (κ2) is 9.36. The summed E-state index contributed by atoms with van der Waals surface area (Å²) in [7, 11) is 0. The highest BCUT2D eigenvalue weighted by Gasteiger charge is 2.22. The number of rotatable bonds is 1. The molecule has 5 aromatic carbocycles. The van der Waals surface area contributed by atoms with E-state index in [1.807, 2.05) is 6.20 Å². The molecule has 0 spiro atoms. The molecule has 3 heteroatoms. The Kier molecular flexibility index (Phi) is 5.58. The van der Waals surface area contributed by atoms with Crippen LogP contribution in [0.25, 0.3) is 55.0 Å². The second-order valence-corrected chi connectivity index (χ2v) is 12.2. The van der Waals surface area contributed by atoms with E-state index in [9.17, 15) is 0 Å². The quantitative estimate of drug-likeness (QED) is 0.178. The van der Waals surface area contributed by atoms with E-state index in [1.54, 1.807) is 0 Å². The van der Waals surface area contributed by atoms with Crippen molar-refractivity contribution in [3.63, 3.8) is 0 Å². The Hall–Kier alpha value is -4.34. The van der Waals surface area contributed by atoms with Gasteiger partial charge in [0.15, 0.2) is 0 Å². The van der Waals surface area contributed by atoms with E-state index in [1.165, 1.54) is 65.9 Å². The molecule has 2 heterocycles. The maximum atomic E-state index is 5.35. The molecule has 7 aromatic rings. The summed E-state index contributed by atoms with van der Waals surface area (Å²) in [6.07, 6.45) is 3.56. The van der Waals surface area contributed by atoms with Gasteiger partial charge in [0.2, 0.25) is 0 Å². The molecule has 0 N–H and O–H groups in total. The molecule has 2 aromatic heterocycles. The lowest BCUT2D eigenvalue weighted by Gasteiger charge is -2.18. The Bertz CT molecular complexity index is 2180. The highest BCUT2D eigenvalue weighted by Crippen LogP contribution is 2.43. The van der Waals surface area contributed by atoms with E-state index in [4.69, 9.17) is 9.97 Å². The predicted octanol–water partition coefficient (Wildman–Crippen LogP) is 10.1. The predicted molar refractivity (Wildman–Crippen MR) is 175 cm³/mol. The van der Waals surface area contributed by atoms with Crippen molar-refractivity contribution in [3.05, 3.63) is 141 Å². The van der Waals surface area contributed by atoms with Gasteiger partial charge in [-0.15, -0.1) is 0 Å². The minimum Gasteiger partial charge on any atom is -0.256 e. The Morgan fingerprint density at radius 3 is 2.29 bits per heavy atom. The Balaban J connectivity index is 1.60. The third kappa shape index (κ3) is 3.91. The molecule has 0 aliphatic heterocycles. The van der Waals surface area contributed by atoms with E-state index in [2.05, 4.69) is 127 Å². The van der Waals surface area contributed by atoms with E-state index >= 15 is 0 Å². The number of nitrogens with zero attached hydrogens (tertiary/aromatic N) is 2. The first-order valence-corrected chi connectivity index (χ1v) is 14.9. The van der Waals surface area contributed by atoms with Crippen molar-refractivity contribution < 1.29 is 0 Å². The summed E-state index contributed by atoms with van der Waals surface area (Å²) in [5, 5.41) is 6.35. The molecule has 0 unspecified atom stereocenters. The van der Waals surface area contributed by atoms with Crippen molar-refractivity contribution in [2.45, 2.75) is 26.7 Å². The van der Waals surface area contributed by atoms with Crippen LogP contribution in [-0.2, 0) is 12.8 Å². The highest BCUT2D eigenvalue weighted by molar-refractivity contribution is 9.10. The van der Waals surface area contributed by atoms with E-state index < -0.39 is 0 Å². The van der Waals surface area contributed by atoms with Gasteiger partial charge >= 0.3 is 0 Å². The molecular formula is C38H27BrN2. The largest absolute Gasteiger partial charge is 0.256 e. The van der Waals surface area contributed by atoms with Gasteiger partial charge in [-0.2, -0.15) is 0 Å². The van der Waals surface area contributed by atoms with Gasteiger partial charge in [0.25, 0.3) is 0 Å². The van der Waals surface area contributed by atoms with Gasteiger partial charge in [-0.1, -0.05) is 94.3 Å². The first-order valence-electron chi connectivity index (χ1n) is 14.1. The number of aromatic nitrogens is 2. The number of pyridine rings is 2. The molecule has 0 atom stereocenters. The summed E-state index contributed by atoms with van der Waals surface area (Å²) in [6, 6.07) is 35.5. The molecule has 1 aliphatic carbocycles. The van der Waals surface area contributed by atoms with Gasteiger partial charge in [-0.25, -0.2) is 4.98 Å². The zero-order valence-electron chi connectivity index (χ0n) is 23.0. The lowest BCUT2D eigenvalue weighted by molar-refractivity contribution is 1.13. The van der Waals surface area contributed by atoms with Crippen molar-refractivity contribution >= 4 is 48.4 Å². The molecule has 0 fully saturated rings. The average molecular weight is 592 g/mol. The summed E-state index contributed by atoms with van der Waals surface area (Å²) < 4.78 is 1.07. The molecule has 0 bridgehead atoms. The van der Waals surface area contributed by atoms with Crippen molar-refractivity contribution in [2.24, 2.45) is 0 Å². The second-order valence-electron chi connectivity index (χ2n) is 11.3. The third-order valence-corrected chi connectivity index (χ3v) is 9.11. The maximum absolute atomic E-state index is 5.35. The fourth-order valence-electron chi connectivity index (χ4n) is 6.87. The van der Waals surface area contributed by atoms with E-state index in [0.29, 0.717) is 0 Å². The smallest absolute Gasteiger partial charge is 0.0788 e. The zero-order valence-corrected chi connectivity index (χ0v) is 24.6. The van der Waals surface area contributed by atoms with Crippen molar-refractivity contribution in [1.29, 1.82) is 0 Å². The first kappa shape index (κ1) is 24.5. The third-order valence-electron chi connectivity index (χ3n) is 8.58. The van der Waals surface area contributed by atoms with E-state index in [0.717, 1.165) is 39.8 Å². The molecule has 196 valence electrons. The van der Waals surface area contributed by atoms with Gasteiger partial charge < -0.3 is 0 Å². The zero-order chi connectivity index (χ0) is 27.7. The van der Waals surface area contributed by atoms with Gasteiger partial charge in [0.05, 0.1) is 16.9 Å². The Morgan fingerprint density at radius 2 is 1.41 bits per heavy atom. The van der Waals surface area contributed by atoms with E-state index in [-0.39, 0.29) is 0 Å². The minimum absolute atomic E-state index is 0.792.